The lowest BCUT2D eigenvalue weighted by Gasteiger charge is -2.14. The topological polar surface area (TPSA) is 38.9 Å². The fraction of sp³-hybridized carbons (Fsp3) is 0.444. The van der Waals surface area contributed by atoms with Crippen molar-refractivity contribution in [3.63, 3.8) is 0 Å². The van der Waals surface area contributed by atoms with Crippen LogP contribution in [-0.4, -0.2) is 4.98 Å². The van der Waals surface area contributed by atoms with Crippen LogP contribution in [-0.2, 0) is 0 Å². The van der Waals surface area contributed by atoms with Gasteiger partial charge in [0.1, 0.15) is 5.15 Å². The molecule has 1 aromatic heterocycles. The van der Waals surface area contributed by atoms with Gasteiger partial charge in [-0.2, -0.15) is 0 Å². The number of nitrogens with two attached hydrogens (primary N) is 1. The Kier molecular flexibility index (Phi) is 6.89. The first kappa shape index (κ1) is 15.3. The molecule has 0 aliphatic heterocycles. The molecule has 0 aliphatic rings. The molecule has 2 nitrogen and oxygen atoms in total. The summed E-state index contributed by atoms with van der Waals surface area (Å²) in [5.74, 6) is 0. The van der Waals surface area contributed by atoms with Gasteiger partial charge in [-0.15, -0.1) is 12.4 Å². The Hall–Kier alpha value is 0.270. The lowest BCUT2D eigenvalue weighted by Crippen LogP contribution is -2.11. The van der Waals surface area contributed by atoms with Gasteiger partial charge in [0.05, 0.1) is 10.0 Å². The molecule has 0 spiro atoms. The minimum Gasteiger partial charge on any atom is -0.324 e. The molecule has 1 atom stereocenters. The molecule has 2 N–H and O–H groups in total. The highest BCUT2D eigenvalue weighted by atomic mass is 35.5. The summed E-state index contributed by atoms with van der Waals surface area (Å²) in [5, 5.41) is 1.08. The molecule has 1 heterocycles. The largest absolute Gasteiger partial charge is 0.324 e. The Morgan fingerprint density at radius 1 is 1.40 bits per heavy atom. The second kappa shape index (κ2) is 6.77. The molecule has 0 saturated heterocycles. The van der Waals surface area contributed by atoms with Crippen LogP contribution in [0.5, 0.6) is 0 Å². The molecule has 0 saturated carbocycles. The van der Waals surface area contributed by atoms with Gasteiger partial charge in [0.2, 0.25) is 0 Å². The minimum atomic E-state index is -0.180. The predicted octanol–water partition coefficient (Wildman–Crippen LogP) is 4.26. The second-order valence-electron chi connectivity index (χ2n) is 3.02. The molecular formula is C9H12Cl4N2. The smallest absolute Gasteiger partial charge is 0.148 e. The Balaban J connectivity index is 0.00000196. The van der Waals surface area contributed by atoms with Crippen molar-refractivity contribution in [2.75, 3.05) is 0 Å². The fourth-order valence-corrected chi connectivity index (χ4v) is 2.02. The average molecular weight is 290 g/mol. The molecule has 0 amide bonds. The van der Waals surface area contributed by atoms with Crippen LogP contribution in [0.25, 0.3) is 0 Å². The van der Waals surface area contributed by atoms with E-state index in [-0.39, 0.29) is 23.6 Å². The SMILES string of the molecule is CCC[C@@H](N)c1c(Cl)cnc(Cl)c1Cl.Cl. The third-order valence-corrected chi connectivity index (χ3v) is 3.00. The normalized spacial score (nSPS) is 12.1. The summed E-state index contributed by atoms with van der Waals surface area (Å²) in [6.07, 6.45) is 3.26. The number of rotatable bonds is 3. The highest BCUT2D eigenvalue weighted by molar-refractivity contribution is 6.43. The van der Waals surface area contributed by atoms with E-state index < -0.39 is 0 Å². The van der Waals surface area contributed by atoms with Crippen molar-refractivity contribution in [2.24, 2.45) is 5.73 Å². The summed E-state index contributed by atoms with van der Waals surface area (Å²) in [6, 6.07) is -0.180. The summed E-state index contributed by atoms with van der Waals surface area (Å²) in [6.45, 7) is 2.05. The van der Waals surface area contributed by atoms with Gasteiger partial charge in [-0.05, 0) is 6.42 Å². The van der Waals surface area contributed by atoms with Gasteiger partial charge in [-0.25, -0.2) is 4.98 Å². The average Bonchev–Trinajstić information content (AvgIpc) is 2.13. The number of aromatic nitrogens is 1. The van der Waals surface area contributed by atoms with Crippen molar-refractivity contribution in [3.05, 3.63) is 27.0 Å². The maximum Gasteiger partial charge on any atom is 0.148 e. The van der Waals surface area contributed by atoms with Gasteiger partial charge >= 0.3 is 0 Å². The van der Waals surface area contributed by atoms with Gasteiger partial charge in [0, 0.05) is 17.8 Å². The van der Waals surface area contributed by atoms with E-state index >= 15 is 0 Å². The van der Waals surface area contributed by atoms with E-state index in [1.165, 1.54) is 6.20 Å². The summed E-state index contributed by atoms with van der Waals surface area (Å²) in [4.78, 5) is 3.83. The van der Waals surface area contributed by atoms with Gasteiger partial charge in [0.25, 0.3) is 0 Å². The number of nitrogens with zero attached hydrogens (tertiary/aromatic N) is 1. The third-order valence-electron chi connectivity index (χ3n) is 1.94. The third kappa shape index (κ3) is 3.65. The van der Waals surface area contributed by atoms with Crippen LogP contribution < -0.4 is 5.73 Å². The van der Waals surface area contributed by atoms with E-state index in [1.807, 2.05) is 6.92 Å². The zero-order valence-electron chi connectivity index (χ0n) is 8.14. The summed E-state index contributed by atoms with van der Waals surface area (Å²) in [5.41, 5.74) is 6.61. The van der Waals surface area contributed by atoms with Gasteiger partial charge in [-0.3, -0.25) is 0 Å². The number of halogens is 4. The van der Waals surface area contributed by atoms with Crippen molar-refractivity contribution in [1.29, 1.82) is 0 Å². The van der Waals surface area contributed by atoms with Crippen LogP contribution in [0.2, 0.25) is 15.2 Å². The van der Waals surface area contributed by atoms with Crippen LogP contribution >= 0.6 is 47.2 Å². The van der Waals surface area contributed by atoms with Crippen molar-refractivity contribution >= 4 is 47.2 Å². The zero-order chi connectivity index (χ0) is 10.7. The second-order valence-corrected chi connectivity index (χ2v) is 4.16. The van der Waals surface area contributed by atoms with E-state index in [0.717, 1.165) is 12.8 Å². The highest BCUT2D eigenvalue weighted by Crippen LogP contribution is 2.34. The Bertz CT molecular complexity index is 330. The maximum atomic E-state index is 5.97. The van der Waals surface area contributed by atoms with E-state index in [4.69, 9.17) is 40.5 Å². The molecule has 6 heteroatoms. The van der Waals surface area contributed by atoms with Crippen molar-refractivity contribution < 1.29 is 0 Å². The molecule has 0 fully saturated rings. The van der Waals surface area contributed by atoms with E-state index in [2.05, 4.69) is 4.98 Å². The molecule has 86 valence electrons. The van der Waals surface area contributed by atoms with Crippen LogP contribution in [0.3, 0.4) is 0 Å². The standard InChI is InChI=1S/C9H11Cl3N2.ClH/c1-2-3-6(13)7-5(10)4-14-9(12)8(7)11;/h4,6H,2-3,13H2,1H3;1H/t6-;/m1./s1. The summed E-state index contributed by atoms with van der Waals surface area (Å²) >= 11 is 17.7. The van der Waals surface area contributed by atoms with Gasteiger partial charge in [-0.1, -0.05) is 48.1 Å². The number of hydrogen-bond acceptors (Lipinski definition) is 2. The molecule has 0 aliphatic carbocycles. The quantitative estimate of drug-likeness (QED) is 0.844. The van der Waals surface area contributed by atoms with Crippen LogP contribution in [0.1, 0.15) is 31.4 Å². The van der Waals surface area contributed by atoms with E-state index in [0.29, 0.717) is 15.6 Å². The maximum absolute atomic E-state index is 5.97. The zero-order valence-corrected chi connectivity index (χ0v) is 11.2. The van der Waals surface area contributed by atoms with Crippen LogP contribution in [0.15, 0.2) is 6.20 Å². The summed E-state index contributed by atoms with van der Waals surface area (Å²) < 4.78 is 0. The molecule has 0 aromatic carbocycles. The van der Waals surface area contributed by atoms with Crippen molar-refractivity contribution in [2.45, 2.75) is 25.8 Å². The first-order chi connectivity index (χ1) is 6.57. The summed E-state index contributed by atoms with van der Waals surface area (Å²) in [7, 11) is 0. The molecule has 1 rings (SSSR count). The first-order valence-electron chi connectivity index (χ1n) is 4.32. The highest BCUT2D eigenvalue weighted by Gasteiger charge is 2.16. The van der Waals surface area contributed by atoms with E-state index in [1.54, 1.807) is 0 Å². The lowest BCUT2D eigenvalue weighted by molar-refractivity contribution is 0.638. The number of pyridine rings is 1. The minimum absolute atomic E-state index is 0. The molecule has 1 aromatic rings. The predicted molar refractivity (Wildman–Crippen MR) is 68.4 cm³/mol. The molecule has 0 bridgehead atoms. The molecular weight excluding hydrogens is 278 g/mol. The Morgan fingerprint density at radius 3 is 2.53 bits per heavy atom. The first-order valence-corrected chi connectivity index (χ1v) is 5.46. The van der Waals surface area contributed by atoms with Crippen LogP contribution in [0.4, 0.5) is 0 Å². The van der Waals surface area contributed by atoms with Gasteiger partial charge < -0.3 is 5.73 Å². The lowest BCUT2D eigenvalue weighted by atomic mass is 10.0. The van der Waals surface area contributed by atoms with Crippen LogP contribution in [0, 0.1) is 0 Å². The molecule has 0 unspecified atom stereocenters. The van der Waals surface area contributed by atoms with E-state index in [9.17, 15) is 0 Å². The van der Waals surface area contributed by atoms with Crippen molar-refractivity contribution in [1.82, 2.24) is 4.98 Å². The van der Waals surface area contributed by atoms with Crippen molar-refractivity contribution in [3.8, 4) is 0 Å². The molecule has 15 heavy (non-hydrogen) atoms. The monoisotopic (exact) mass is 288 g/mol. The Labute approximate surface area is 111 Å². The molecule has 0 radical (unpaired) electrons. The fourth-order valence-electron chi connectivity index (χ4n) is 1.25. The number of hydrogen-bond donors (Lipinski definition) is 1. The Morgan fingerprint density at radius 2 is 2.00 bits per heavy atom. The van der Waals surface area contributed by atoms with Gasteiger partial charge in [0.15, 0.2) is 0 Å².